The molecule has 0 aliphatic heterocycles. The van der Waals surface area contributed by atoms with Crippen LogP contribution in [0.15, 0.2) is 24.3 Å². The van der Waals surface area contributed by atoms with Crippen LogP contribution in [0.4, 0.5) is 0 Å². The van der Waals surface area contributed by atoms with Gasteiger partial charge in [-0.2, -0.15) is 0 Å². The molecule has 8 heteroatoms. The third-order valence-electron chi connectivity index (χ3n) is 2.94. The second-order valence-electron chi connectivity index (χ2n) is 5.16. The molecule has 1 aromatic rings. The predicted octanol–water partition coefficient (Wildman–Crippen LogP) is 2.66. The fourth-order valence-corrected chi connectivity index (χ4v) is 2.16. The molecule has 1 rings (SSSR count). The van der Waals surface area contributed by atoms with Gasteiger partial charge in [0.2, 0.25) is 3.79 Å². The van der Waals surface area contributed by atoms with E-state index in [4.69, 9.17) is 39.5 Å². The minimum atomic E-state index is -1.66. The summed E-state index contributed by atoms with van der Waals surface area (Å²) in [6.07, 6.45) is -0.800. The zero-order valence-electron chi connectivity index (χ0n) is 13.4. The lowest BCUT2D eigenvalue weighted by molar-refractivity contribution is 0.0929. The van der Waals surface area contributed by atoms with Crippen molar-refractivity contribution < 1.29 is 9.53 Å². The van der Waals surface area contributed by atoms with Crippen molar-refractivity contribution in [1.29, 1.82) is 0 Å². The highest BCUT2D eigenvalue weighted by Crippen LogP contribution is 2.29. The second kappa shape index (κ2) is 9.55. The van der Waals surface area contributed by atoms with Gasteiger partial charge in [0, 0.05) is 18.7 Å². The zero-order valence-corrected chi connectivity index (χ0v) is 15.7. The maximum atomic E-state index is 12.3. The molecule has 2 N–H and O–H groups in total. The van der Waals surface area contributed by atoms with Crippen molar-refractivity contribution in [3.63, 3.8) is 0 Å². The molecule has 130 valence electrons. The number of likely N-dealkylation sites (N-methyl/N-ethyl adjacent to an activating group) is 1. The first-order valence-corrected chi connectivity index (χ1v) is 8.36. The van der Waals surface area contributed by atoms with Crippen molar-refractivity contribution >= 4 is 40.7 Å². The van der Waals surface area contributed by atoms with Gasteiger partial charge in [-0.3, -0.25) is 10.1 Å². The number of halogens is 3. The van der Waals surface area contributed by atoms with Crippen LogP contribution in [-0.2, 0) is 0 Å². The topological polar surface area (TPSA) is 53.6 Å². The third-order valence-corrected chi connectivity index (χ3v) is 3.59. The molecule has 0 saturated carbocycles. The molecule has 0 aliphatic rings. The van der Waals surface area contributed by atoms with E-state index in [0.29, 0.717) is 24.5 Å². The Hall–Kier alpha value is -0.720. The average molecular weight is 383 g/mol. The van der Waals surface area contributed by atoms with E-state index in [-0.39, 0.29) is 5.91 Å². The van der Waals surface area contributed by atoms with Crippen molar-refractivity contribution in [2.45, 2.75) is 16.9 Å². The van der Waals surface area contributed by atoms with Crippen LogP contribution >= 0.6 is 34.8 Å². The summed E-state index contributed by atoms with van der Waals surface area (Å²) in [7, 11) is 3.87. The lowest BCUT2D eigenvalue weighted by atomic mass is 10.2. The summed E-state index contributed by atoms with van der Waals surface area (Å²) in [5.41, 5.74) is 0.460. The Morgan fingerprint density at radius 1 is 1.26 bits per heavy atom. The maximum absolute atomic E-state index is 12.3. The van der Waals surface area contributed by atoms with E-state index in [1.165, 1.54) is 0 Å². The van der Waals surface area contributed by atoms with Crippen LogP contribution in [0.1, 0.15) is 17.3 Å². The molecule has 0 bridgehead atoms. The summed E-state index contributed by atoms with van der Waals surface area (Å²) in [6, 6.07) is 6.77. The standard InChI is InChI=1S/C15H22Cl3N3O2/c1-4-23-12-7-5-11(6-8-12)13(22)20-14(15(16,17)18)19-9-10-21(2)3/h5-8,14,19H,4,9-10H2,1-3H3,(H,20,22)/t14-/m0/s1. The largest absolute Gasteiger partial charge is 0.494 e. The van der Waals surface area contributed by atoms with E-state index < -0.39 is 9.96 Å². The average Bonchev–Trinajstić information content (AvgIpc) is 2.45. The summed E-state index contributed by atoms with van der Waals surface area (Å²) in [4.78, 5) is 14.3. The number of hydrogen-bond acceptors (Lipinski definition) is 4. The van der Waals surface area contributed by atoms with Gasteiger partial charge in [0.15, 0.2) is 0 Å². The highest BCUT2D eigenvalue weighted by atomic mass is 35.6. The van der Waals surface area contributed by atoms with E-state index >= 15 is 0 Å². The van der Waals surface area contributed by atoms with Crippen molar-refractivity contribution in [3.05, 3.63) is 29.8 Å². The summed E-state index contributed by atoms with van der Waals surface area (Å²) >= 11 is 17.8. The van der Waals surface area contributed by atoms with Crippen LogP contribution in [0.2, 0.25) is 0 Å². The molecule has 1 atom stereocenters. The molecule has 0 aliphatic carbocycles. The van der Waals surface area contributed by atoms with Crippen LogP contribution in [0.3, 0.4) is 0 Å². The van der Waals surface area contributed by atoms with Crippen molar-refractivity contribution in [2.24, 2.45) is 0 Å². The molecule has 0 spiro atoms. The van der Waals surface area contributed by atoms with E-state index in [0.717, 1.165) is 6.54 Å². The summed E-state index contributed by atoms with van der Waals surface area (Å²) in [5.74, 6) is 0.368. The Morgan fingerprint density at radius 3 is 2.35 bits per heavy atom. The normalized spacial score (nSPS) is 13.0. The second-order valence-corrected chi connectivity index (χ2v) is 7.53. The summed E-state index contributed by atoms with van der Waals surface area (Å²) in [6.45, 7) is 3.77. The zero-order chi connectivity index (χ0) is 17.5. The highest BCUT2D eigenvalue weighted by Gasteiger charge is 2.33. The van der Waals surface area contributed by atoms with Crippen LogP contribution in [0.5, 0.6) is 5.75 Å². The van der Waals surface area contributed by atoms with E-state index in [1.54, 1.807) is 24.3 Å². The van der Waals surface area contributed by atoms with Crippen LogP contribution < -0.4 is 15.4 Å². The molecule has 1 aromatic carbocycles. The molecule has 0 aromatic heterocycles. The lowest BCUT2D eigenvalue weighted by Gasteiger charge is -2.27. The number of carbonyl (C=O) groups excluding carboxylic acids is 1. The van der Waals surface area contributed by atoms with Crippen molar-refractivity contribution in [3.8, 4) is 5.75 Å². The van der Waals surface area contributed by atoms with Crippen molar-refractivity contribution in [2.75, 3.05) is 33.8 Å². The van der Waals surface area contributed by atoms with Gasteiger partial charge in [0.1, 0.15) is 11.9 Å². The monoisotopic (exact) mass is 381 g/mol. The van der Waals surface area contributed by atoms with Gasteiger partial charge in [0.25, 0.3) is 5.91 Å². The first-order valence-electron chi connectivity index (χ1n) is 7.22. The van der Waals surface area contributed by atoms with Gasteiger partial charge in [-0.25, -0.2) is 0 Å². The Kier molecular flexibility index (Phi) is 8.44. The number of nitrogens with one attached hydrogen (secondary N) is 2. The smallest absolute Gasteiger partial charge is 0.252 e. The summed E-state index contributed by atoms with van der Waals surface area (Å²) in [5, 5.41) is 5.72. The fourth-order valence-electron chi connectivity index (χ4n) is 1.76. The molecule has 0 radical (unpaired) electrons. The first kappa shape index (κ1) is 20.3. The quantitative estimate of drug-likeness (QED) is 0.536. The van der Waals surface area contributed by atoms with E-state index in [9.17, 15) is 4.79 Å². The Labute approximate surface area is 152 Å². The number of carbonyl (C=O) groups is 1. The minimum absolute atomic E-state index is 0.332. The van der Waals surface area contributed by atoms with E-state index in [2.05, 4.69) is 10.6 Å². The predicted molar refractivity (Wildman–Crippen MR) is 95.7 cm³/mol. The number of hydrogen-bond donors (Lipinski definition) is 2. The Bertz CT molecular complexity index is 490. The Morgan fingerprint density at radius 2 is 1.87 bits per heavy atom. The molecule has 0 unspecified atom stereocenters. The van der Waals surface area contributed by atoms with Gasteiger partial charge in [-0.15, -0.1) is 0 Å². The van der Waals surface area contributed by atoms with Gasteiger partial charge < -0.3 is 15.0 Å². The third kappa shape index (κ3) is 7.59. The van der Waals surface area contributed by atoms with Crippen molar-refractivity contribution in [1.82, 2.24) is 15.5 Å². The number of ether oxygens (including phenoxy) is 1. The fraction of sp³-hybridized carbons (Fsp3) is 0.533. The molecule has 23 heavy (non-hydrogen) atoms. The maximum Gasteiger partial charge on any atom is 0.252 e. The van der Waals surface area contributed by atoms with E-state index in [1.807, 2.05) is 25.9 Å². The Balaban J connectivity index is 2.68. The molecule has 0 fully saturated rings. The number of benzene rings is 1. The lowest BCUT2D eigenvalue weighted by Crippen LogP contribution is -2.54. The molecular formula is C15H22Cl3N3O2. The van der Waals surface area contributed by atoms with Gasteiger partial charge in [0.05, 0.1) is 6.61 Å². The number of rotatable bonds is 8. The molecule has 0 heterocycles. The van der Waals surface area contributed by atoms with Crippen LogP contribution in [-0.4, -0.2) is 54.6 Å². The van der Waals surface area contributed by atoms with Gasteiger partial charge in [-0.05, 0) is 45.3 Å². The molecule has 1 amide bonds. The number of alkyl halides is 3. The summed E-state index contributed by atoms with van der Waals surface area (Å²) < 4.78 is 3.68. The SMILES string of the molecule is CCOc1ccc(C(=O)N[C@H](NCCN(C)C)C(Cl)(Cl)Cl)cc1. The molecule has 5 nitrogen and oxygen atoms in total. The van der Waals surface area contributed by atoms with Crippen LogP contribution in [0.25, 0.3) is 0 Å². The molecular weight excluding hydrogens is 361 g/mol. The number of nitrogens with zero attached hydrogens (tertiary/aromatic N) is 1. The minimum Gasteiger partial charge on any atom is -0.494 e. The highest BCUT2D eigenvalue weighted by molar-refractivity contribution is 6.68. The molecule has 0 saturated heterocycles. The van der Waals surface area contributed by atoms with Gasteiger partial charge in [-0.1, -0.05) is 34.8 Å². The van der Waals surface area contributed by atoms with Crippen LogP contribution in [0, 0.1) is 0 Å². The first-order chi connectivity index (χ1) is 10.7. The number of amides is 1. The van der Waals surface area contributed by atoms with Gasteiger partial charge >= 0.3 is 0 Å².